The Labute approximate surface area is 117 Å². The van der Waals surface area contributed by atoms with Crippen molar-refractivity contribution < 1.29 is 13.5 Å². The van der Waals surface area contributed by atoms with E-state index >= 15 is 0 Å². The molecule has 0 saturated carbocycles. The first-order valence-electron chi connectivity index (χ1n) is 6.33. The molecule has 0 saturated heterocycles. The third kappa shape index (κ3) is 2.80. The zero-order valence-corrected chi connectivity index (χ0v) is 11.7. The summed E-state index contributed by atoms with van der Waals surface area (Å²) in [5.74, 6) is -0.919. The Bertz CT molecular complexity index is 613. The van der Waals surface area contributed by atoms with Crippen molar-refractivity contribution in [2.45, 2.75) is 13.0 Å². The van der Waals surface area contributed by atoms with Gasteiger partial charge < -0.3 is 10.1 Å². The number of rotatable bonds is 4. The fourth-order valence-corrected chi connectivity index (χ4v) is 2.23. The summed E-state index contributed by atoms with van der Waals surface area (Å²) in [6.07, 6.45) is 0. The minimum Gasteiger partial charge on any atom is -0.496 e. The minimum absolute atomic E-state index is 0.223. The minimum atomic E-state index is -0.846. The van der Waals surface area contributed by atoms with E-state index in [1.807, 2.05) is 25.1 Å². The van der Waals surface area contributed by atoms with Crippen molar-refractivity contribution in [2.75, 3.05) is 14.2 Å². The highest BCUT2D eigenvalue weighted by Crippen LogP contribution is 2.28. The van der Waals surface area contributed by atoms with E-state index in [0.717, 1.165) is 22.9 Å². The lowest BCUT2D eigenvalue weighted by Gasteiger charge is -2.19. The van der Waals surface area contributed by atoms with Gasteiger partial charge in [0.1, 0.15) is 5.75 Å². The van der Waals surface area contributed by atoms with E-state index in [9.17, 15) is 8.78 Å². The molecule has 1 unspecified atom stereocenters. The Morgan fingerprint density at radius 1 is 1.00 bits per heavy atom. The molecule has 20 heavy (non-hydrogen) atoms. The molecule has 0 aromatic heterocycles. The van der Waals surface area contributed by atoms with Crippen LogP contribution in [0.25, 0.3) is 0 Å². The van der Waals surface area contributed by atoms with Gasteiger partial charge in [0, 0.05) is 0 Å². The molecule has 2 aromatic carbocycles. The topological polar surface area (TPSA) is 21.3 Å². The Hall–Kier alpha value is -1.94. The number of halogens is 2. The Morgan fingerprint density at radius 2 is 1.65 bits per heavy atom. The standard InChI is InChI=1S/C16H17F2NO/c1-10-4-5-12(9-15(10)20-3)16(19-2)11-6-7-13(17)14(18)8-11/h4-9,16,19H,1-3H3. The van der Waals surface area contributed by atoms with Crippen LogP contribution in [-0.2, 0) is 0 Å². The lowest BCUT2D eigenvalue weighted by Crippen LogP contribution is -2.18. The molecule has 0 amide bonds. The molecule has 1 N–H and O–H groups in total. The zero-order chi connectivity index (χ0) is 14.7. The average molecular weight is 277 g/mol. The Balaban J connectivity index is 2.43. The first-order valence-corrected chi connectivity index (χ1v) is 6.33. The fourth-order valence-electron chi connectivity index (χ4n) is 2.23. The van der Waals surface area contributed by atoms with Gasteiger partial charge in [0.25, 0.3) is 0 Å². The first-order chi connectivity index (χ1) is 9.56. The summed E-state index contributed by atoms with van der Waals surface area (Å²) < 4.78 is 31.7. The summed E-state index contributed by atoms with van der Waals surface area (Å²) in [6.45, 7) is 1.95. The van der Waals surface area contributed by atoms with Gasteiger partial charge >= 0.3 is 0 Å². The smallest absolute Gasteiger partial charge is 0.159 e. The van der Waals surface area contributed by atoms with Crippen LogP contribution in [-0.4, -0.2) is 14.2 Å². The quantitative estimate of drug-likeness (QED) is 0.922. The number of hydrogen-bond donors (Lipinski definition) is 1. The van der Waals surface area contributed by atoms with Crippen molar-refractivity contribution in [1.82, 2.24) is 5.32 Å². The van der Waals surface area contributed by atoms with Crippen LogP contribution in [0.2, 0.25) is 0 Å². The van der Waals surface area contributed by atoms with Gasteiger partial charge in [-0.1, -0.05) is 18.2 Å². The van der Waals surface area contributed by atoms with Crippen molar-refractivity contribution in [3.8, 4) is 5.75 Å². The molecular weight excluding hydrogens is 260 g/mol. The highest BCUT2D eigenvalue weighted by atomic mass is 19.2. The van der Waals surface area contributed by atoms with Gasteiger partial charge in [-0.25, -0.2) is 8.78 Å². The summed E-state index contributed by atoms with van der Waals surface area (Å²) in [6, 6.07) is 9.49. The van der Waals surface area contributed by atoms with Crippen molar-refractivity contribution in [2.24, 2.45) is 0 Å². The maximum Gasteiger partial charge on any atom is 0.159 e. The van der Waals surface area contributed by atoms with Crippen molar-refractivity contribution in [3.05, 3.63) is 64.7 Å². The summed E-state index contributed by atoms with van der Waals surface area (Å²) >= 11 is 0. The van der Waals surface area contributed by atoms with E-state index in [4.69, 9.17) is 4.74 Å². The van der Waals surface area contributed by atoms with E-state index in [-0.39, 0.29) is 6.04 Å². The van der Waals surface area contributed by atoms with Crippen LogP contribution >= 0.6 is 0 Å². The number of aryl methyl sites for hydroxylation is 1. The van der Waals surface area contributed by atoms with Gasteiger partial charge in [0.2, 0.25) is 0 Å². The summed E-state index contributed by atoms with van der Waals surface area (Å²) in [7, 11) is 3.39. The van der Waals surface area contributed by atoms with Gasteiger partial charge in [-0.15, -0.1) is 0 Å². The highest BCUT2D eigenvalue weighted by Gasteiger charge is 2.15. The molecule has 2 nitrogen and oxygen atoms in total. The van der Waals surface area contributed by atoms with Crippen LogP contribution in [0.1, 0.15) is 22.7 Å². The number of methoxy groups -OCH3 is 1. The molecule has 0 fully saturated rings. The van der Waals surface area contributed by atoms with Gasteiger partial charge in [-0.05, 0) is 48.9 Å². The van der Waals surface area contributed by atoms with E-state index < -0.39 is 11.6 Å². The van der Waals surface area contributed by atoms with E-state index in [1.54, 1.807) is 20.2 Å². The fraction of sp³-hybridized carbons (Fsp3) is 0.250. The summed E-state index contributed by atoms with van der Waals surface area (Å²) in [5.41, 5.74) is 2.62. The molecule has 2 rings (SSSR count). The molecule has 0 radical (unpaired) electrons. The molecule has 0 aliphatic rings. The third-order valence-electron chi connectivity index (χ3n) is 3.33. The molecule has 4 heteroatoms. The van der Waals surface area contributed by atoms with Crippen molar-refractivity contribution in [1.29, 1.82) is 0 Å². The van der Waals surface area contributed by atoms with E-state index in [0.29, 0.717) is 5.56 Å². The molecule has 0 aliphatic carbocycles. The second kappa shape index (κ2) is 6.01. The lowest BCUT2D eigenvalue weighted by molar-refractivity contribution is 0.410. The molecule has 2 aromatic rings. The highest BCUT2D eigenvalue weighted by molar-refractivity contribution is 5.41. The number of nitrogens with one attached hydrogen (secondary N) is 1. The Kier molecular flexibility index (Phi) is 4.35. The molecule has 0 aliphatic heterocycles. The normalized spacial score (nSPS) is 12.2. The van der Waals surface area contributed by atoms with Crippen LogP contribution in [0, 0.1) is 18.6 Å². The van der Waals surface area contributed by atoms with Crippen molar-refractivity contribution in [3.63, 3.8) is 0 Å². The predicted molar refractivity (Wildman–Crippen MR) is 75.0 cm³/mol. The van der Waals surface area contributed by atoms with Gasteiger partial charge in [0.05, 0.1) is 13.2 Å². The van der Waals surface area contributed by atoms with Crippen LogP contribution in [0.5, 0.6) is 5.75 Å². The molecule has 0 bridgehead atoms. The van der Waals surface area contributed by atoms with Gasteiger partial charge in [-0.3, -0.25) is 0 Å². The molecule has 0 heterocycles. The van der Waals surface area contributed by atoms with Crippen molar-refractivity contribution >= 4 is 0 Å². The van der Waals surface area contributed by atoms with Gasteiger partial charge in [-0.2, -0.15) is 0 Å². The van der Waals surface area contributed by atoms with E-state index in [2.05, 4.69) is 5.32 Å². The zero-order valence-electron chi connectivity index (χ0n) is 11.7. The first kappa shape index (κ1) is 14.5. The molecule has 1 atom stereocenters. The average Bonchev–Trinajstić information content (AvgIpc) is 2.45. The van der Waals surface area contributed by atoms with Crippen LogP contribution in [0.3, 0.4) is 0 Å². The van der Waals surface area contributed by atoms with E-state index in [1.165, 1.54) is 6.07 Å². The number of benzene rings is 2. The maximum absolute atomic E-state index is 13.4. The molecule has 0 spiro atoms. The SMILES string of the molecule is CNC(c1ccc(F)c(F)c1)c1ccc(C)c(OC)c1. The largest absolute Gasteiger partial charge is 0.496 e. The molecule has 106 valence electrons. The summed E-state index contributed by atoms with van der Waals surface area (Å²) in [4.78, 5) is 0. The maximum atomic E-state index is 13.4. The van der Waals surface area contributed by atoms with Gasteiger partial charge in [0.15, 0.2) is 11.6 Å². The second-order valence-electron chi connectivity index (χ2n) is 4.62. The number of ether oxygens (including phenoxy) is 1. The lowest BCUT2D eigenvalue weighted by atomic mass is 9.97. The predicted octanol–water partition coefficient (Wildman–Crippen LogP) is 3.59. The summed E-state index contributed by atoms with van der Waals surface area (Å²) in [5, 5.41) is 3.11. The second-order valence-corrected chi connectivity index (χ2v) is 4.62. The molecular formula is C16H17F2NO. The van der Waals surface area contributed by atoms with Crippen LogP contribution in [0.4, 0.5) is 8.78 Å². The Morgan fingerprint density at radius 3 is 2.25 bits per heavy atom. The monoisotopic (exact) mass is 277 g/mol. The number of hydrogen-bond acceptors (Lipinski definition) is 2. The van der Waals surface area contributed by atoms with Crippen LogP contribution < -0.4 is 10.1 Å². The van der Waals surface area contributed by atoms with Crippen LogP contribution in [0.15, 0.2) is 36.4 Å². The third-order valence-corrected chi connectivity index (χ3v) is 3.33.